The first-order chi connectivity index (χ1) is 20.9. The molecule has 2 unspecified atom stereocenters. The number of alkyl halides is 2. The van der Waals surface area contributed by atoms with E-state index in [9.17, 15) is 30.2 Å². The zero-order chi connectivity index (χ0) is 33.4. The van der Waals surface area contributed by atoms with Crippen LogP contribution in [0.25, 0.3) is 5.57 Å². The lowest BCUT2D eigenvalue weighted by molar-refractivity contribution is 0.0565. The van der Waals surface area contributed by atoms with Crippen molar-refractivity contribution >= 4 is 44.6 Å². The summed E-state index contributed by atoms with van der Waals surface area (Å²) < 4.78 is 98.9. The lowest BCUT2D eigenvalue weighted by Gasteiger charge is -2.25. The summed E-state index contributed by atoms with van der Waals surface area (Å²) >= 11 is 6.02. The van der Waals surface area contributed by atoms with E-state index in [1.165, 1.54) is 31.6 Å². The van der Waals surface area contributed by atoms with Gasteiger partial charge in [0.2, 0.25) is 10.0 Å². The second-order valence-electron chi connectivity index (χ2n) is 10.7. The topological polar surface area (TPSA) is 138 Å². The second-order valence-corrected chi connectivity index (χ2v) is 16.8. The summed E-state index contributed by atoms with van der Waals surface area (Å²) in [6.07, 6.45) is 6.54. The van der Waals surface area contributed by atoms with Crippen LogP contribution in [0, 0.1) is 5.92 Å². The maximum Gasteiger partial charge on any atom is 0.399 e. The molecule has 0 radical (unpaired) electrons. The molecule has 3 aromatic rings. The van der Waals surface area contributed by atoms with Crippen molar-refractivity contribution in [1.82, 2.24) is 4.31 Å². The molecule has 3 aromatic carbocycles. The molecule has 4 rings (SSSR count). The predicted molar refractivity (Wildman–Crippen MR) is 168 cm³/mol. The number of ether oxygens (including phenoxy) is 1. The van der Waals surface area contributed by atoms with Crippen molar-refractivity contribution in [2.24, 2.45) is 5.92 Å². The summed E-state index contributed by atoms with van der Waals surface area (Å²) in [7, 11) is -12.2. The van der Waals surface area contributed by atoms with Gasteiger partial charge in [-0.1, -0.05) is 85.3 Å². The number of para-hydroxylation sites is 1. The standard InChI is InChI=1S/C30H31ClF2NO8PS2/c1-20-8-12-24(17-29(20)44(3,38)39)23-13-9-21(10-14-23)18-34(45(40,41)28-7-5-4-6-27(28)42-2)19-22-11-15-25(26(31)16-22)30(32,33)43(35,36)37/h4-17,20,29H,18-19H2,1-3H3,(H2,35,36,37). The zero-order valence-corrected chi connectivity index (χ0v) is 27.6. The summed E-state index contributed by atoms with van der Waals surface area (Å²) in [6, 6.07) is 15.8. The molecular weight excluding hydrogens is 671 g/mol. The monoisotopic (exact) mass is 701 g/mol. The van der Waals surface area contributed by atoms with E-state index in [0.717, 1.165) is 28.1 Å². The van der Waals surface area contributed by atoms with Crippen LogP contribution in [-0.4, -0.2) is 49.5 Å². The van der Waals surface area contributed by atoms with E-state index in [1.54, 1.807) is 36.4 Å². The van der Waals surface area contributed by atoms with Gasteiger partial charge in [-0.05, 0) is 46.4 Å². The number of benzene rings is 3. The number of nitrogens with zero attached hydrogens (tertiary/aromatic N) is 1. The third-order valence-corrected chi connectivity index (χ3v) is 12.0. The van der Waals surface area contributed by atoms with Crippen LogP contribution in [0.1, 0.15) is 29.2 Å². The van der Waals surface area contributed by atoms with Crippen LogP contribution in [0.15, 0.2) is 89.9 Å². The first-order valence-electron chi connectivity index (χ1n) is 13.4. The minimum atomic E-state index is -5.89. The van der Waals surface area contributed by atoms with Crippen molar-refractivity contribution in [3.8, 4) is 5.75 Å². The molecule has 0 aromatic heterocycles. The maximum absolute atomic E-state index is 14.4. The Hall–Kier alpha value is -2.90. The van der Waals surface area contributed by atoms with Crippen molar-refractivity contribution in [2.45, 2.75) is 35.8 Å². The van der Waals surface area contributed by atoms with Crippen molar-refractivity contribution in [1.29, 1.82) is 0 Å². The molecular formula is C30H31ClF2NO8PS2. The minimum absolute atomic E-state index is 0.0817. The molecule has 15 heteroatoms. The normalized spacial score (nSPS) is 17.8. The maximum atomic E-state index is 14.4. The van der Waals surface area contributed by atoms with Crippen LogP contribution in [0.2, 0.25) is 5.02 Å². The Balaban J connectivity index is 1.70. The molecule has 0 fully saturated rings. The molecule has 0 spiro atoms. The van der Waals surface area contributed by atoms with Gasteiger partial charge < -0.3 is 14.5 Å². The van der Waals surface area contributed by atoms with E-state index in [2.05, 4.69) is 0 Å². The molecule has 0 saturated heterocycles. The number of methoxy groups -OCH3 is 1. The molecule has 0 heterocycles. The zero-order valence-electron chi connectivity index (χ0n) is 24.3. The number of sulfonamides is 1. The van der Waals surface area contributed by atoms with Crippen LogP contribution in [0.4, 0.5) is 8.78 Å². The van der Waals surface area contributed by atoms with E-state index in [1.807, 2.05) is 19.1 Å². The van der Waals surface area contributed by atoms with Crippen LogP contribution < -0.4 is 4.74 Å². The van der Waals surface area contributed by atoms with Crippen LogP contribution in [0.3, 0.4) is 0 Å². The molecule has 242 valence electrons. The van der Waals surface area contributed by atoms with E-state index < -0.39 is 49.0 Å². The van der Waals surface area contributed by atoms with Crippen molar-refractivity contribution < 1.29 is 44.7 Å². The molecule has 1 aliphatic rings. The first-order valence-corrected chi connectivity index (χ1v) is 18.8. The Kier molecular flexibility index (Phi) is 10.2. The fraction of sp³-hybridized carbons (Fsp3) is 0.267. The van der Waals surface area contributed by atoms with Gasteiger partial charge in [0.25, 0.3) is 0 Å². The van der Waals surface area contributed by atoms with Crippen LogP contribution >= 0.6 is 19.2 Å². The highest BCUT2D eigenvalue weighted by Gasteiger charge is 2.51. The summed E-state index contributed by atoms with van der Waals surface area (Å²) in [5.41, 5.74) is -3.47. The van der Waals surface area contributed by atoms with Crippen LogP contribution in [0.5, 0.6) is 5.75 Å². The lowest BCUT2D eigenvalue weighted by atomic mass is 9.93. The molecule has 1 aliphatic carbocycles. The molecule has 0 aliphatic heterocycles. The average molecular weight is 702 g/mol. The Labute approximate surface area is 265 Å². The van der Waals surface area contributed by atoms with Gasteiger partial charge >= 0.3 is 13.3 Å². The quantitative estimate of drug-likeness (QED) is 0.233. The number of rotatable bonds is 11. The highest BCUT2D eigenvalue weighted by Crippen LogP contribution is 2.60. The molecule has 0 bridgehead atoms. The Morgan fingerprint density at radius 2 is 1.58 bits per heavy atom. The Morgan fingerprint density at radius 1 is 0.978 bits per heavy atom. The molecule has 2 N–H and O–H groups in total. The van der Waals surface area contributed by atoms with Gasteiger partial charge in [-0.2, -0.15) is 13.1 Å². The highest BCUT2D eigenvalue weighted by molar-refractivity contribution is 7.91. The Bertz CT molecular complexity index is 1910. The van der Waals surface area contributed by atoms with Gasteiger partial charge in [0.15, 0.2) is 9.84 Å². The Morgan fingerprint density at radius 3 is 2.16 bits per heavy atom. The van der Waals surface area contributed by atoms with Gasteiger partial charge in [0.05, 0.1) is 22.9 Å². The number of hydrogen-bond donors (Lipinski definition) is 2. The molecule has 0 saturated carbocycles. The smallest absolute Gasteiger partial charge is 0.399 e. The number of halogens is 3. The largest absolute Gasteiger partial charge is 0.495 e. The summed E-state index contributed by atoms with van der Waals surface area (Å²) in [5.74, 6) is -0.111. The fourth-order valence-corrected chi connectivity index (χ4v) is 8.65. The number of hydrogen-bond acceptors (Lipinski definition) is 6. The third-order valence-electron chi connectivity index (χ3n) is 7.35. The highest BCUT2D eigenvalue weighted by atomic mass is 35.5. The van der Waals surface area contributed by atoms with Gasteiger partial charge in [0, 0.05) is 19.3 Å². The van der Waals surface area contributed by atoms with Gasteiger partial charge in [-0.25, -0.2) is 16.8 Å². The van der Waals surface area contributed by atoms with Crippen LogP contribution in [-0.2, 0) is 43.2 Å². The van der Waals surface area contributed by atoms with Gasteiger partial charge in [-0.15, -0.1) is 0 Å². The van der Waals surface area contributed by atoms with E-state index in [-0.39, 0.29) is 35.2 Å². The third kappa shape index (κ3) is 7.57. The van der Waals surface area contributed by atoms with E-state index >= 15 is 0 Å². The lowest BCUT2D eigenvalue weighted by Crippen LogP contribution is -2.30. The van der Waals surface area contributed by atoms with Crippen molar-refractivity contribution in [3.63, 3.8) is 0 Å². The molecule has 9 nitrogen and oxygen atoms in total. The first kappa shape index (κ1) is 35.0. The predicted octanol–water partition coefficient (Wildman–Crippen LogP) is 5.97. The van der Waals surface area contributed by atoms with Gasteiger partial charge in [0.1, 0.15) is 10.6 Å². The summed E-state index contributed by atoms with van der Waals surface area (Å²) in [6.45, 7) is 1.31. The van der Waals surface area contributed by atoms with Gasteiger partial charge in [-0.3, -0.25) is 4.57 Å². The SMILES string of the molecule is COc1ccccc1S(=O)(=O)N(Cc1ccc(C2=CC(S(C)(=O)=O)C(C)C=C2)cc1)Cc1ccc(C(F)(F)P(=O)(O)O)c(Cl)c1. The van der Waals surface area contributed by atoms with Crippen molar-refractivity contribution in [3.05, 3.63) is 112 Å². The molecule has 2 atom stereocenters. The number of sulfone groups is 1. The van der Waals surface area contributed by atoms with E-state index in [0.29, 0.717) is 11.1 Å². The number of allylic oxidation sites excluding steroid dienone is 3. The minimum Gasteiger partial charge on any atom is -0.495 e. The fourth-order valence-electron chi connectivity index (χ4n) is 4.92. The van der Waals surface area contributed by atoms with E-state index in [4.69, 9.17) is 26.1 Å². The molecule has 45 heavy (non-hydrogen) atoms. The summed E-state index contributed by atoms with van der Waals surface area (Å²) in [5, 5.41) is -1.33. The molecule has 0 amide bonds. The van der Waals surface area contributed by atoms with Crippen molar-refractivity contribution in [2.75, 3.05) is 13.4 Å². The second kappa shape index (κ2) is 13.1. The average Bonchev–Trinajstić information content (AvgIpc) is 2.96. The summed E-state index contributed by atoms with van der Waals surface area (Å²) in [4.78, 5) is 18.1.